The number of aromatic amines is 1. The summed E-state index contributed by atoms with van der Waals surface area (Å²) in [6, 6.07) is 8.02. The van der Waals surface area contributed by atoms with Crippen molar-refractivity contribution in [1.29, 1.82) is 5.41 Å². The molecule has 35 heteroatoms. The van der Waals surface area contributed by atoms with Crippen molar-refractivity contribution in [2.45, 2.75) is 13.8 Å². The van der Waals surface area contributed by atoms with E-state index in [1.807, 2.05) is 24.3 Å². The zero-order valence-electron chi connectivity index (χ0n) is 43.5. The molecule has 31 nitrogen and oxygen atoms in total. The number of hydrogen-bond acceptors (Lipinski definition) is 28. The van der Waals surface area contributed by atoms with E-state index in [4.69, 9.17) is 57.5 Å². The number of H-pyrrole nitrogens is 1. The minimum absolute atomic E-state index is 0.0421. The van der Waals surface area contributed by atoms with Gasteiger partial charge in [0.15, 0.2) is 11.4 Å². The molecule has 0 spiro atoms. The van der Waals surface area contributed by atoms with E-state index in [-0.39, 0.29) is 109 Å². The summed E-state index contributed by atoms with van der Waals surface area (Å²) in [5.41, 5.74) is 10.0. The number of fused-ring (bicyclic) bond motifs is 7. The molecule has 7 N–H and O–H groups in total. The molecule has 8 aromatic rings. The molecule has 0 saturated heterocycles. The molecule has 7 heterocycles. The fourth-order valence-electron chi connectivity index (χ4n) is 7.65. The molecule has 0 bridgehead atoms. The molecular weight excluding hydrogens is 1220 g/mol. The number of benzene rings is 2. The summed E-state index contributed by atoms with van der Waals surface area (Å²) in [4.78, 5) is 142. The van der Waals surface area contributed by atoms with Gasteiger partial charge in [0.1, 0.15) is 42.2 Å². The van der Waals surface area contributed by atoms with E-state index in [1.54, 1.807) is 12.4 Å². The fraction of sp³-hybridized carbons (Fsp3) is 0.0385. The molecule has 0 radical (unpaired) electrons. The topological polar surface area (TPSA) is 474 Å². The summed E-state index contributed by atoms with van der Waals surface area (Å²) >= 11 is 22.5. The first-order valence-electron chi connectivity index (χ1n) is 23.8. The third-order valence-corrected chi connectivity index (χ3v) is 13.3. The summed E-state index contributed by atoms with van der Waals surface area (Å²) in [5, 5.41) is 55.4. The molecule has 87 heavy (non-hydrogen) atoms. The van der Waals surface area contributed by atoms with E-state index in [9.17, 15) is 57.5 Å². The number of nitrogens with one attached hydrogen (secondary N) is 5. The van der Waals surface area contributed by atoms with Crippen LogP contribution in [0.25, 0.3) is 23.2 Å². The molecule has 0 saturated carbocycles. The van der Waals surface area contributed by atoms with Crippen molar-refractivity contribution in [1.82, 2.24) is 82.6 Å². The Hall–Kier alpha value is -11.5. The summed E-state index contributed by atoms with van der Waals surface area (Å²) in [7, 11) is 0. The molecule has 0 fully saturated rings. The van der Waals surface area contributed by atoms with E-state index in [1.165, 1.54) is 68.9 Å². The zero-order valence-corrected chi connectivity index (χ0v) is 46.6. The van der Waals surface area contributed by atoms with Crippen LogP contribution in [0.5, 0.6) is 0 Å². The smallest absolute Gasteiger partial charge is 0.243 e. The number of hydrogen-bond donors (Lipinski definition) is 6. The number of nitrogens with zero attached hydrogens (tertiary/aromatic N) is 13. The first-order chi connectivity index (χ1) is 41.5. The maximum Gasteiger partial charge on any atom is 0.243 e. The lowest BCUT2D eigenvalue weighted by molar-refractivity contribution is -0.118. The highest BCUT2D eigenvalue weighted by Gasteiger charge is 2.35. The number of carbonyl (C=O) groups excluding carboxylic acids is 10. The van der Waals surface area contributed by atoms with Crippen LogP contribution in [-0.2, 0) is 9.59 Å². The molecule has 432 valence electrons. The second-order valence-corrected chi connectivity index (χ2v) is 18.7. The fourth-order valence-corrected chi connectivity index (χ4v) is 8.45. The van der Waals surface area contributed by atoms with Gasteiger partial charge in [-0.2, -0.15) is 66.4 Å². The molecule has 6 aromatic heterocycles. The number of ketones is 8. The summed E-state index contributed by atoms with van der Waals surface area (Å²) in [6.45, 7) is 2.37. The van der Waals surface area contributed by atoms with Crippen LogP contribution in [0.3, 0.4) is 0 Å². The number of amides is 2. The largest absolute Gasteiger partial charge is 0.394 e. The molecule has 4 aliphatic carbocycles. The molecule has 5 aliphatic rings. The Morgan fingerprint density at radius 1 is 0.471 bits per heavy atom. The predicted octanol–water partition coefficient (Wildman–Crippen LogP) is -0.955. The lowest BCUT2D eigenvalue weighted by Gasteiger charge is -2.16. The summed E-state index contributed by atoms with van der Waals surface area (Å²) < 4.78 is 0. The highest BCUT2D eigenvalue weighted by atomic mass is 35.5. The van der Waals surface area contributed by atoms with E-state index in [0.29, 0.717) is 0 Å². The van der Waals surface area contributed by atoms with E-state index < -0.39 is 68.1 Å². The summed E-state index contributed by atoms with van der Waals surface area (Å²) in [5.74, 6) is -4.90. The maximum atomic E-state index is 11.9. The zero-order chi connectivity index (χ0) is 63.0. The van der Waals surface area contributed by atoms with Crippen molar-refractivity contribution in [2.24, 2.45) is 10.7 Å². The summed E-state index contributed by atoms with van der Waals surface area (Å²) in [6.07, 6.45) is 15.8. The van der Waals surface area contributed by atoms with Crippen molar-refractivity contribution in [3.05, 3.63) is 215 Å². The van der Waals surface area contributed by atoms with Gasteiger partial charge in [-0.05, 0) is 0 Å². The number of halogens is 4. The van der Waals surface area contributed by atoms with Crippen LogP contribution in [0.4, 0.5) is 0 Å². The minimum atomic E-state index is -0.634. The Morgan fingerprint density at radius 3 is 1.22 bits per heavy atom. The SMILES string of the molecule is CC(=O)N=c1c(=N)c(=O)c2c(c1=O)=CNNC=2.CC(=O)NC1=C(Cl)C(=O)c2cnncc2C1=O.NC1=C(Cl)C(=O)c2cnncc2C1=O.O=C1C(Cl)=C(Cl)C(=O)c2cnncc21.O=C1c2cnncc2C(=O)c2n[nH]nc21.c1ccc2cnncc2c1. The molecule has 1 aliphatic heterocycles. The van der Waals surface area contributed by atoms with Crippen molar-refractivity contribution < 1.29 is 47.9 Å². The van der Waals surface area contributed by atoms with Gasteiger partial charge in [-0.15, -0.1) is 0 Å². The first kappa shape index (κ1) is 61.5. The normalized spacial score (nSPS) is 14.2. The molecule has 13 rings (SSSR count). The average Bonchev–Trinajstić information content (AvgIpc) is 2.27. The number of allylic oxidation sites excluding steroid dienone is 6. The third kappa shape index (κ3) is 12.7. The third-order valence-electron chi connectivity index (χ3n) is 11.8. The van der Waals surface area contributed by atoms with Gasteiger partial charge in [-0.25, -0.2) is 4.99 Å². The predicted molar refractivity (Wildman–Crippen MR) is 297 cm³/mol. The molecule has 2 aromatic carbocycles. The van der Waals surface area contributed by atoms with Crippen LogP contribution >= 0.6 is 46.4 Å². The van der Waals surface area contributed by atoms with Crippen LogP contribution in [0.1, 0.15) is 108 Å². The monoisotopic (exact) mass is 1250 g/mol. The van der Waals surface area contributed by atoms with Crippen molar-refractivity contribution in [3.63, 3.8) is 0 Å². The number of aromatic nitrogens is 13. The van der Waals surface area contributed by atoms with Crippen molar-refractivity contribution in [3.8, 4) is 0 Å². The Kier molecular flexibility index (Phi) is 18.6. The van der Waals surface area contributed by atoms with Gasteiger partial charge in [-0.1, -0.05) is 70.7 Å². The second-order valence-electron chi connectivity index (χ2n) is 17.2. The van der Waals surface area contributed by atoms with Crippen LogP contribution < -0.4 is 53.9 Å². The van der Waals surface area contributed by atoms with Gasteiger partial charge in [0.25, 0.3) is 0 Å². The van der Waals surface area contributed by atoms with Crippen LogP contribution in [-0.4, -0.2) is 124 Å². The lowest BCUT2D eigenvalue weighted by atomic mass is 9.93. The number of carbonyl (C=O) groups is 10. The van der Waals surface area contributed by atoms with Crippen LogP contribution in [0.15, 0.2) is 132 Å². The Balaban J connectivity index is 0.000000136. The Labute approximate surface area is 501 Å². The highest BCUT2D eigenvalue weighted by molar-refractivity contribution is 6.59. The van der Waals surface area contributed by atoms with Crippen molar-refractivity contribution >= 4 is 128 Å². The number of hydrazine groups is 1. The van der Waals surface area contributed by atoms with Gasteiger partial charge in [0.2, 0.25) is 68.9 Å². The standard InChI is InChI=1S/C10H6ClN3O3.C10H8N4O3.C8H2Cl2N2O2.C8H4ClN3O2.C8H3N5O2.C8H6N2/c2*1-4(15)14-8-7(11)9(16)5-2-12-13-3-6(5)10(8)17;2*9-5-6(10)8(14)4-2-12-11-1-3(4)7(5)13;14-7-3-1-9-10-2-4(3)8(15)6-5(7)11-13-12-6;1-2-4-8-6-10-9-5-7(8)3-1/h2-3H,1H3,(H,14,15);2-3,11-13H,1H3;1-2H;1-2H,10H2;1-2H,(H,11,12,13);1-6H. The van der Waals surface area contributed by atoms with Crippen LogP contribution in [0.2, 0.25) is 0 Å². The molecule has 2 amide bonds. The highest BCUT2D eigenvalue weighted by Crippen LogP contribution is 2.30. The lowest BCUT2D eigenvalue weighted by Crippen LogP contribution is -2.66. The number of rotatable bonds is 1. The average molecular weight is 1250 g/mol. The Bertz CT molecular complexity index is 4560. The second kappa shape index (κ2) is 26.4. The van der Waals surface area contributed by atoms with E-state index in [0.717, 1.165) is 17.7 Å². The van der Waals surface area contributed by atoms with Crippen molar-refractivity contribution in [2.75, 3.05) is 0 Å². The first-order valence-corrected chi connectivity index (χ1v) is 25.3. The maximum absolute atomic E-state index is 11.9. The van der Waals surface area contributed by atoms with E-state index >= 15 is 0 Å². The quantitative estimate of drug-likeness (QED) is 0.115. The number of Topliss-reactive ketones (excluding diaryl/α,β-unsaturated/α-hetero) is 6. The minimum Gasteiger partial charge on any atom is -0.394 e. The van der Waals surface area contributed by atoms with Gasteiger partial charge in [0.05, 0.1) is 117 Å². The Morgan fingerprint density at radius 2 is 0.816 bits per heavy atom. The van der Waals surface area contributed by atoms with Gasteiger partial charge < -0.3 is 21.9 Å². The van der Waals surface area contributed by atoms with Gasteiger partial charge in [0, 0.05) is 37.0 Å². The molecular formula is C52H29Cl4N19O12. The van der Waals surface area contributed by atoms with Gasteiger partial charge >= 0.3 is 0 Å². The van der Waals surface area contributed by atoms with Crippen LogP contribution in [0, 0.1) is 5.41 Å². The number of nitrogens with two attached hydrogens (primary N) is 1. The molecule has 0 unspecified atom stereocenters. The van der Waals surface area contributed by atoms with Gasteiger partial charge in [-0.3, -0.25) is 62.9 Å². The van der Waals surface area contributed by atoms with E-state index in [2.05, 4.69) is 87.6 Å². The molecule has 0 atom stereocenters.